The molecule has 2 aromatic carbocycles. The Balaban J connectivity index is 1.58. The summed E-state index contributed by atoms with van der Waals surface area (Å²) in [5.41, 5.74) is 1.04. The third-order valence-electron chi connectivity index (χ3n) is 5.09. The van der Waals surface area contributed by atoms with Gasteiger partial charge in [-0.2, -0.15) is 0 Å². The number of carbonyl (C=O) groups excluding carboxylic acids is 1. The topological polar surface area (TPSA) is 32.8 Å². The Hall–Kier alpha value is -1.53. The van der Waals surface area contributed by atoms with Gasteiger partial charge in [0.1, 0.15) is 16.6 Å². The first kappa shape index (κ1) is 22.2. The van der Waals surface area contributed by atoms with Crippen molar-refractivity contribution in [1.29, 1.82) is 0 Å². The molecular formula is C21H22Cl3FN2O2. The van der Waals surface area contributed by atoms with E-state index in [1.165, 1.54) is 12.1 Å². The smallest absolute Gasteiger partial charge is 0.260 e. The molecule has 0 spiro atoms. The van der Waals surface area contributed by atoms with Crippen LogP contribution in [-0.2, 0) is 11.3 Å². The van der Waals surface area contributed by atoms with Crippen LogP contribution in [0.25, 0.3) is 0 Å². The van der Waals surface area contributed by atoms with Gasteiger partial charge in [-0.1, -0.05) is 46.9 Å². The van der Waals surface area contributed by atoms with Crippen molar-refractivity contribution in [3.63, 3.8) is 0 Å². The lowest BCUT2D eigenvalue weighted by molar-refractivity contribution is -0.139. The monoisotopic (exact) mass is 458 g/mol. The Morgan fingerprint density at radius 3 is 2.41 bits per heavy atom. The van der Waals surface area contributed by atoms with Crippen molar-refractivity contribution in [2.75, 3.05) is 19.7 Å². The first-order chi connectivity index (χ1) is 13.8. The molecule has 2 unspecified atom stereocenters. The summed E-state index contributed by atoms with van der Waals surface area (Å²) >= 11 is 18.1. The highest BCUT2D eigenvalue weighted by Gasteiger charge is 2.32. The van der Waals surface area contributed by atoms with Crippen LogP contribution in [0.4, 0.5) is 4.39 Å². The van der Waals surface area contributed by atoms with E-state index in [-0.39, 0.29) is 40.5 Å². The minimum absolute atomic E-state index is 0.0204. The summed E-state index contributed by atoms with van der Waals surface area (Å²) in [7, 11) is 0. The summed E-state index contributed by atoms with van der Waals surface area (Å²) in [6, 6.07) is 9.87. The molecule has 29 heavy (non-hydrogen) atoms. The number of carbonyl (C=O) groups is 1. The maximum Gasteiger partial charge on any atom is 0.260 e. The number of benzene rings is 2. The lowest BCUT2D eigenvalue weighted by Crippen LogP contribution is -2.58. The second kappa shape index (κ2) is 9.52. The SMILES string of the molecule is CC1CN(C(=O)COc2ccc(Cl)c(Cl)c2Cl)C(C)CN1Cc1ccc(F)cc1. The summed E-state index contributed by atoms with van der Waals surface area (Å²) in [6.45, 7) is 5.97. The van der Waals surface area contributed by atoms with Gasteiger partial charge < -0.3 is 9.64 Å². The van der Waals surface area contributed by atoms with Gasteiger partial charge in [-0.05, 0) is 43.7 Å². The quantitative estimate of drug-likeness (QED) is 0.570. The Morgan fingerprint density at radius 1 is 1.03 bits per heavy atom. The highest BCUT2D eigenvalue weighted by atomic mass is 35.5. The Labute approximate surface area is 185 Å². The van der Waals surface area contributed by atoms with Crippen molar-refractivity contribution in [3.8, 4) is 5.75 Å². The molecule has 1 amide bonds. The van der Waals surface area contributed by atoms with Gasteiger partial charge in [0.15, 0.2) is 6.61 Å². The molecule has 3 rings (SSSR count). The van der Waals surface area contributed by atoms with E-state index in [2.05, 4.69) is 11.8 Å². The number of rotatable bonds is 5. The average molecular weight is 460 g/mol. The van der Waals surface area contributed by atoms with E-state index < -0.39 is 0 Å². The fourth-order valence-electron chi connectivity index (χ4n) is 3.43. The molecule has 1 saturated heterocycles. The molecule has 0 aliphatic carbocycles. The maximum absolute atomic E-state index is 13.1. The second-order valence-electron chi connectivity index (χ2n) is 7.26. The summed E-state index contributed by atoms with van der Waals surface area (Å²) in [4.78, 5) is 16.8. The lowest BCUT2D eigenvalue weighted by atomic mass is 10.1. The molecule has 1 fully saturated rings. The summed E-state index contributed by atoms with van der Waals surface area (Å²) in [6.07, 6.45) is 0. The molecule has 2 aromatic rings. The first-order valence-electron chi connectivity index (χ1n) is 9.30. The zero-order valence-corrected chi connectivity index (χ0v) is 18.4. The van der Waals surface area contributed by atoms with Gasteiger partial charge in [0.25, 0.3) is 5.91 Å². The average Bonchev–Trinajstić information content (AvgIpc) is 2.69. The summed E-state index contributed by atoms with van der Waals surface area (Å²) < 4.78 is 18.7. The number of amides is 1. The Bertz CT molecular complexity index is 879. The molecule has 0 bridgehead atoms. The minimum atomic E-state index is -0.243. The van der Waals surface area contributed by atoms with Gasteiger partial charge in [-0.15, -0.1) is 0 Å². The van der Waals surface area contributed by atoms with Gasteiger partial charge in [-0.3, -0.25) is 9.69 Å². The van der Waals surface area contributed by atoms with Crippen molar-refractivity contribution < 1.29 is 13.9 Å². The van der Waals surface area contributed by atoms with E-state index in [0.29, 0.717) is 23.9 Å². The van der Waals surface area contributed by atoms with E-state index in [0.717, 1.165) is 12.1 Å². The third kappa shape index (κ3) is 5.34. The van der Waals surface area contributed by atoms with Gasteiger partial charge in [0.05, 0.1) is 10.0 Å². The number of halogens is 4. The molecule has 1 heterocycles. The van der Waals surface area contributed by atoms with Crippen LogP contribution in [0.3, 0.4) is 0 Å². The number of piperazine rings is 1. The Kier molecular flexibility index (Phi) is 7.28. The van der Waals surface area contributed by atoms with Crippen molar-refractivity contribution in [2.24, 2.45) is 0 Å². The van der Waals surface area contributed by atoms with Crippen LogP contribution in [0, 0.1) is 5.82 Å². The molecule has 1 aliphatic rings. The molecule has 0 radical (unpaired) electrons. The zero-order valence-electron chi connectivity index (χ0n) is 16.2. The van der Waals surface area contributed by atoms with Crippen molar-refractivity contribution in [1.82, 2.24) is 9.80 Å². The largest absolute Gasteiger partial charge is 0.482 e. The Morgan fingerprint density at radius 2 is 1.72 bits per heavy atom. The van der Waals surface area contributed by atoms with E-state index >= 15 is 0 Å². The molecule has 0 saturated carbocycles. The standard InChI is InChI=1S/C21H22Cl3FN2O2/c1-13-10-27(14(2)9-26(13)11-15-3-5-16(25)6-4-15)19(28)12-29-18-8-7-17(22)20(23)21(18)24/h3-8,13-14H,9-12H2,1-2H3. The first-order valence-corrected chi connectivity index (χ1v) is 10.4. The van der Waals surface area contributed by atoms with E-state index in [4.69, 9.17) is 39.5 Å². The van der Waals surface area contributed by atoms with Crippen LogP contribution in [0.2, 0.25) is 15.1 Å². The summed E-state index contributed by atoms with van der Waals surface area (Å²) in [5.74, 6) is -0.0364. The number of ether oxygens (including phenoxy) is 1. The van der Waals surface area contributed by atoms with E-state index in [1.54, 1.807) is 24.3 Å². The maximum atomic E-state index is 13.1. The lowest BCUT2D eigenvalue weighted by Gasteiger charge is -2.44. The number of hydrogen-bond donors (Lipinski definition) is 0. The predicted molar refractivity (Wildman–Crippen MR) is 114 cm³/mol. The molecule has 2 atom stereocenters. The number of nitrogens with zero attached hydrogens (tertiary/aromatic N) is 2. The van der Waals surface area contributed by atoms with E-state index in [1.807, 2.05) is 11.8 Å². The fraction of sp³-hybridized carbons (Fsp3) is 0.381. The number of hydrogen-bond acceptors (Lipinski definition) is 3. The fourth-order valence-corrected chi connectivity index (χ4v) is 4.01. The minimum Gasteiger partial charge on any atom is -0.482 e. The van der Waals surface area contributed by atoms with Crippen molar-refractivity contribution in [2.45, 2.75) is 32.5 Å². The van der Waals surface area contributed by atoms with Crippen LogP contribution >= 0.6 is 34.8 Å². The summed E-state index contributed by atoms with van der Waals surface area (Å²) in [5, 5.41) is 0.724. The van der Waals surface area contributed by atoms with E-state index in [9.17, 15) is 9.18 Å². The van der Waals surface area contributed by atoms with Crippen LogP contribution in [0.1, 0.15) is 19.4 Å². The molecule has 1 aliphatic heterocycles. The molecule has 0 aromatic heterocycles. The van der Waals surface area contributed by atoms with Gasteiger partial charge in [0, 0.05) is 31.7 Å². The van der Waals surface area contributed by atoms with Crippen LogP contribution in [0.5, 0.6) is 5.75 Å². The third-order valence-corrected chi connectivity index (χ3v) is 6.36. The highest BCUT2D eigenvalue weighted by Crippen LogP contribution is 2.37. The van der Waals surface area contributed by atoms with Crippen LogP contribution < -0.4 is 4.74 Å². The van der Waals surface area contributed by atoms with Crippen molar-refractivity contribution >= 4 is 40.7 Å². The highest BCUT2D eigenvalue weighted by molar-refractivity contribution is 6.48. The molecule has 156 valence electrons. The predicted octanol–water partition coefficient (Wildman–Crippen LogP) is 5.29. The van der Waals surface area contributed by atoms with Crippen molar-refractivity contribution in [3.05, 3.63) is 62.8 Å². The van der Waals surface area contributed by atoms with Gasteiger partial charge in [-0.25, -0.2) is 4.39 Å². The molecule has 0 N–H and O–H groups in total. The molecular weight excluding hydrogens is 438 g/mol. The molecule has 4 nitrogen and oxygen atoms in total. The second-order valence-corrected chi connectivity index (χ2v) is 8.43. The van der Waals surface area contributed by atoms with Crippen LogP contribution in [-0.4, -0.2) is 47.5 Å². The van der Waals surface area contributed by atoms with Crippen LogP contribution in [0.15, 0.2) is 36.4 Å². The molecule has 8 heteroatoms. The van der Waals surface area contributed by atoms with Gasteiger partial charge in [0.2, 0.25) is 0 Å². The normalized spacial score (nSPS) is 20.0. The van der Waals surface area contributed by atoms with Gasteiger partial charge >= 0.3 is 0 Å². The zero-order chi connectivity index (χ0) is 21.1.